The molecule has 0 bridgehead atoms. The lowest BCUT2D eigenvalue weighted by molar-refractivity contribution is 0.0635. The summed E-state index contributed by atoms with van der Waals surface area (Å²) < 4.78 is 34.3. The minimum atomic E-state index is -4.09. The predicted molar refractivity (Wildman–Crippen MR) is 146 cm³/mol. The third-order valence-corrected chi connectivity index (χ3v) is 7.12. The normalized spacial score (nSPS) is 11.8. The molecule has 4 aromatic rings. The van der Waals surface area contributed by atoms with Gasteiger partial charge in [-0.05, 0) is 65.0 Å². The molecule has 3 aromatic heterocycles. The molecule has 3 heterocycles. The quantitative estimate of drug-likeness (QED) is 0.342. The van der Waals surface area contributed by atoms with E-state index in [4.69, 9.17) is 16.3 Å². The summed E-state index contributed by atoms with van der Waals surface area (Å²) >= 11 is 6.45. The van der Waals surface area contributed by atoms with Crippen LogP contribution in [-0.4, -0.2) is 45.5 Å². The molecule has 13 heteroatoms. The number of carbonyl (C=O) groups is 2. The van der Waals surface area contributed by atoms with E-state index in [-0.39, 0.29) is 22.2 Å². The number of anilines is 1. The van der Waals surface area contributed by atoms with Crippen molar-refractivity contribution in [1.82, 2.24) is 24.2 Å². The molecule has 0 saturated carbocycles. The van der Waals surface area contributed by atoms with Crippen molar-refractivity contribution >= 4 is 50.5 Å². The van der Waals surface area contributed by atoms with E-state index in [2.05, 4.69) is 25.0 Å². The number of benzene rings is 1. The number of carbonyl (C=O) groups excluding carboxylic acids is 2. The fourth-order valence-electron chi connectivity index (χ4n) is 3.60. The lowest BCUT2D eigenvalue weighted by atomic mass is 10.2. The fraction of sp³-hybridized carbons (Fsp3) is 0.269. The number of pyridine rings is 2. The second-order valence-electron chi connectivity index (χ2n) is 9.81. The molecular formula is C26H27ClN6O5S. The highest BCUT2D eigenvalue weighted by Crippen LogP contribution is 2.23. The molecule has 0 aliphatic carbocycles. The molecule has 0 fully saturated rings. The van der Waals surface area contributed by atoms with Crippen LogP contribution in [0.4, 0.5) is 10.5 Å². The fourth-order valence-corrected chi connectivity index (χ4v) is 4.79. The average molecular weight is 571 g/mol. The van der Waals surface area contributed by atoms with Crippen LogP contribution in [0.3, 0.4) is 0 Å². The van der Waals surface area contributed by atoms with Gasteiger partial charge in [-0.1, -0.05) is 29.3 Å². The van der Waals surface area contributed by atoms with E-state index >= 15 is 0 Å². The molecule has 0 radical (unpaired) electrons. The summed E-state index contributed by atoms with van der Waals surface area (Å²) in [7, 11) is -4.09. The van der Waals surface area contributed by atoms with E-state index in [0.29, 0.717) is 28.4 Å². The molecule has 11 nitrogen and oxygen atoms in total. The summed E-state index contributed by atoms with van der Waals surface area (Å²) in [6, 6.07) is 10.7. The largest absolute Gasteiger partial charge is 0.444 e. The number of fused-ring (bicyclic) bond motifs is 1. The number of nitrogens with one attached hydrogen (secondary N) is 2. The summed E-state index contributed by atoms with van der Waals surface area (Å²) in [5.74, 6) is -0.298. The molecule has 0 spiro atoms. The highest BCUT2D eigenvalue weighted by molar-refractivity contribution is 7.90. The molecule has 4 rings (SSSR count). The molecular weight excluding hydrogens is 544 g/mol. The Kier molecular flexibility index (Phi) is 7.62. The van der Waals surface area contributed by atoms with Gasteiger partial charge < -0.3 is 9.30 Å². The van der Waals surface area contributed by atoms with Crippen molar-refractivity contribution in [3.63, 3.8) is 0 Å². The number of aromatic nitrogens is 4. The van der Waals surface area contributed by atoms with Gasteiger partial charge in [-0.3, -0.25) is 15.1 Å². The van der Waals surface area contributed by atoms with Gasteiger partial charge in [-0.2, -0.15) is 0 Å². The first-order valence-electron chi connectivity index (χ1n) is 11.8. The van der Waals surface area contributed by atoms with E-state index in [1.165, 1.54) is 24.4 Å². The molecule has 0 atom stereocenters. The van der Waals surface area contributed by atoms with Crippen molar-refractivity contribution in [1.29, 1.82) is 0 Å². The van der Waals surface area contributed by atoms with Crippen molar-refractivity contribution in [2.75, 3.05) is 5.32 Å². The number of imidazole rings is 1. The van der Waals surface area contributed by atoms with E-state index < -0.39 is 27.6 Å². The Morgan fingerprint density at radius 2 is 1.74 bits per heavy atom. The van der Waals surface area contributed by atoms with Crippen LogP contribution in [-0.2, 0) is 21.3 Å². The number of amides is 2. The zero-order valence-corrected chi connectivity index (χ0v) is 23.5. The van der Waals surface area contributed by atoms with E-state index in [1.54, 1.807) is 56.5 Å². The number of ether oxygens (including phenoxy) is 1. The van der Waals surface area contributed by atoms with Crippen LogP contribution in [0.5, 0.6) is 0 Å². The first-order valence-corrected chi connectivity index (χ1v) is 13.7. The van der Waals surface area contributed by atoms with Crippen LogP contribution in [0.2, 0.25) is 5.02 Å². The van der Waals surface area contributed by atoms with Crippen LogP contribution in [0.15, 0.2) is 53.6 Å². The van der Waals surface area contributed by atoms with Crippen molar-refractivity contribution in [3.05, 3.63) is 76.5 Å². The Hall–Kier alpha value is -4.03. The number of hydrogen-bond donors (Lipinski definition) is 2. The Labute approximate surface area is 230 Å². The van der Waals surface area contributed by atoms with Crippen LogP contribution in [0.25, 0.3) is 11.2 Å². The van der Waals surface area contributed by atoms with Crippen LogP contribution in [0, 0.1) is 13.8 Å². The van der Waals surface area contributed by atoms with Crippen molar-refractivity contribution in [2.45, 2.75) is 51.7 Å². The number of nitrogens with zero attached hydrogens (tertiary/aromatic N) is 4. The summed E-state index contributed by atoms with van der Waals surface area (Å²) in [4.78, 5) is 38.0. The van der Waals surface area contributed by atoms with Crippen LogP contribution < -0.4 is 10.0 Å². The van der Waals surface area contributed by atoms with E-state index in [9.17, 15) is 18.0 Å². The van der Waals surface area contributed by atoms with Gasteiger partial charge in [-0.15, -0.1) is 0 Å². The predicted octanol–water partition coefficient (Wildman–Crippen LogP) is 4.61. The van der Waals surface area contributed by atoms with Crippen LogP contribution in [0.1, 0.15) is 48.3 Å². The second kappa shape index (κ2) is 10.6. The zero-order chi connectivity index (χ0) is 28.5. The Balaban J connectivity index is 1.56. The zero-order valence-electron chi connectivity index (χ0n) is 21.9. The van der Waals surface area contributed by atoms with Gasteiger partial charge in [0.15, 0.2) is 5.65 Å². The molecule has 204 valence electrons. The third kappa shape index (κ3) is 6.70. The number of rotatable bonds is 6. The monoisotopic (exact) mass is 570 g/mol. The average Bonchev–Trinajstić information content (AvgIpc) is 3.13. The molecule has 0 unspecified atom stereocenters. The van der Waals surface area contributed by atoms with E-state index in [1.807, 2.05) is 6.92 Å². The van der Waals surface area contributed by atoms with Gasteiger partial charge >= 0.3 is 6.09 Å². The third-order valence-electron chi connectivity index (χ3n) is 5.44. The van der Waals surface area contributed by atoms with Crippen molar-refractivity contribution in [3.8, 4) is 0 Å². The van der Waals surface area contributed by atoms with Gasteiger partial charge in [0.1, 0.15) is 22.6 Å². The maximum absolute atomic E-state index is 12.8. The highest BCUT2D eigenvalue weighted by atomic mass is 35.5. The molecule has 0 aliphatic rings. The second-order valence-corrected chi connectivity index (χ2v) is 11.9. The standard InChI is InChI=1S/C26H27ClN6O5S/c1-15-6-8-18(9-7-15)39(36,37)32-24(34)21-11-10-20-23(31-21)33(16(2)29-20)14-22-19(27)12-17(13-28-22)30-25(35)38-26(3,4)5/h6-13H,14H2,1-5H3,(H,30,35)(H,32,34). The Morgan fingerprint density at radius 3 is 2.38 bits per heavy atom. The summed E-state index contributed by atoms with van der Waals surface area (Å²) in [6.07, 6.45) is 0.811. The van der Waals surface area contributed by atoms with Crippen molar-refractivity contribution < 1.29 is 22.7 Å². The molecule has 1 aromatic carbocycles. The maximum Gasteiger partial charge on any atom is 0.412 e. The molecule has 2 N–H and O–H groups in total. The van der Waals surface area contributed by atoms with Gasteiger partial charge in [0.05, 0.1) is 34.0 Å². The van der Waals surface area contributed by atoms with Crippen molar-refractivity contribution in [2.24, 2.45) is 0 Å². The first-order chi connectivity index (χ1) is 18.2. The Bertz CT molecular complexity index is 1680. The van der Waals surface area contributed by atoms with E-state index in [0.717, 1.165) is 5.56 Å². The summed E-state index contributed by atoms with van der Waals surface area (Å²) in [5, 5.41) is 2.87. The van der Waals surface area contributed by atoms with Gasteiger partial charge in [0.25, 0.3) is 15.9 Å². The number of aryl methyl sites for hydroxylation is 2. The minimum Gasteiger partial charge on any atom is -0.444 e. The van der Waals surface area contributed by atoms with Gasteiger partial charge in [-0.25, -0.2) is 27.9 Å². The molecule has 2 amide bonds. The Morgan fingerprint density at radius 1 is 1.05 bits per heavy atom. The lowest BCUT2D eigenvalue weighted by Gasteiger charge is -2.19. The molecule has 0 saturated heterocycles. The summed E-state index contributed by atoms with van der Waals surface area (Å²) in [6.45, 7) is 9.01. The smallest absolute Gasteiger partial charge is 0.412 e. The van der Waals surface area contributed by atoms with Crippen LogP contribution >= 0.6 is 11.6 Å². The maximum atomic E-state index is 12.8. The highest BCUT2D eigenvalue weighted by Gasteiger charge is 2.22. The molecule has 39 heavy (non-hydrogen) atoms. The van der Waals surface area contributed by atoms with Gasteiger partial charge in [0, 0.05) is 0 Å². The number of hydrogen-bond acceptors (Lipinski definition) is 8. The lowest BCUT2D eigenvalue weighted by Crippen LogP contribution is -2.31. The molecule has 0 aliphatic heterocycles. The number of sulfonamides is 1. The summed E-state index contributed by atoms with van der Waals surface area (Å²) in [5.41, 5.74) is 1.81. The minimum absolute atomic E-state index is 0.0336. The first kappa shape index (κ1) is 28.0. The van der Waals surface area contributed by atoms with Gasteiger partial charge in [0.2, 0.25) is 0 Å². The topological polar surface area (TPSA) is 145 Å². The SMILES string of the molecule is Cc1ccc(S(=O)(=O)NC(=O)c2ccc3nc(C)n(Cc4ncc(NC(=O)OC(C)(C)C)cc4Cl)c3n2)cc1. The number of halogens is 1.